The molecule has 2 rings (SSSR count). The quantitative estimate of drug-likeness (QED) is 0.762. The maximum atomic E-state index is 13.1. The number of halogens is 3. The summed E-state index contributed by atoms with van der Waals surface area (Å²) >= 11 is 0. The third-order valence-corrected chi connectivity index (χ3v) is 5.09. The van der Waals surface area contributed by atoms with Crippen LogP contribution in [0.1, 0.15) is 36.8 Å². The molecule has 2 unspecified atom stereocenters. The fourth-order valence-corrected chi connectivity index (χ4v) is 4.31. The van der Waals surface area contributed by atoms with Gasteiger partial charge in [0.25, 0.3) is 0 Å². The number of alkyl halides is 3. The van der Waals surface area contributed by atoms with Crippen molar-refractivity contribution in [2.24, 2.45) is 0 Å². The molecule has 1 fully saturated rings. The smallest absolute Gasteiger partial charge is 0.413 e. The first-order chi connectivity index (χ1) is 10.7. The first-order valence-electron chi connectivity index (χ1n) is 8.23. The Morgan fingerprint density at radius 2 is 1.78 bits per heavy atom. The van der Waals surface area contributed by atoms with Crippen LogP contribution in [-0.4, -0.2) is 20.5 Å². The van der Waals surface area contributed by atoms with Crippen LogP contribution < -0.4 is 5.32 Å². The zero-order valence-corrected chi connectivity index (χ0v) is 15.0. The Morgan fingerprint density at radius 1 is 1.13 bits per heavy atom. The number of nitrogens with one attached hydrogen (secondary N) is 1. The zero-order chi connectivity index (χ0) is 17.1. The summed E-state index contributed by atoms with van der Waals surface area (Å²) in [5, 5.41) is 3.32. The highest BCUT2D eigenvalue weighted by atomic mass is 28.4. The van der Waals surface area contributed by atoms with E-state index in [4.69, 9.17) is 4.43 Å². The molecule has 130 valence electrons. The molecule has 2 nitrogen and oxygen atoms in total. The molecular weight excluding hydrogens is 319 g/mol. The Bertz CT molecular complexity index is 513. The van der Waals surface area contributed by atoms with Gasteiger partial charge >= 0.3 is 6.18 Å². The van der Waals surface area contributed by atoms with Gasteiger partial charge in [-0.2, -0.15) is 13.2 Å². The standard InChI is InChI=1S/C17H26F3NOSi/c1-23(2,3)22-16-11-7-6-10-15(16)21-12-13-8-4-5-9-14(13)17(18,19)20/h4-5,8-9,15-16,21H,6-7,10-12H2,1-3H3. The fourth-order valence-electron chi connectivity index (χ4n) is 3.12. The number of rotatable bonds is 5. The first-order valence-corrected chi connectivity index (χ1v) is 11.6. The predicted octanol–water partition coefficient (Wildman–Crippen LogP) is 4.96. The normalized spacial score (nSPS) is 23.0. The van der Waals surface area contributed by atoms with Crippen LogP contribution in [0.25, 0.3) is 0 Å². The molecule has 0 saturated heterocycles. The van der Waals surface area contributed by atoms with Gasteiger partial charge in [-0.05, 0) is 44.1 Å². The maximum absolute atomic E-state index is 13.1. The molecule has 0 aromatic heterocycles. The van der Waals surface area contributed by atoms with E-state index in [1.54, 1.807) is 12.1 Å². The molecule has 0 radical (unpaired) electrons. The molecule has 0 heterocycles. The molecule has 0 aliphatic heterocycles. The first kappa shape index (κ1) is 18.5. The lowest BCUT2D eigenvalue weighted by Gasteiger charge is -2.36. The van der Waals surface area contributed by atoms with Gasteiger partial charge in [0.1, 0.15) is 0 Å². The van der Waals surface area contributed by atoms with Crippen molar-refractivity contribution in [3.05, 3.63) is 35.4 Å². The van der Waals surface area contributed by atoms with Crippen LogP contribution in [0.3, 0.4) is 0 Å². The lowest BCUT2D eigenvalue weighted by atomic mass is 9.92. The van der Waals surface area contributed by atoms with Gasteiger partial charge in [-0.25, -0.2) is 0 Å². The molecule has 1 N–H and O–H groups in total. The Hall–Kier alpha value is -0.853. The van der Waals surface area contributed by atoms with Crippen molar-refractivity contribution in [2.75, 3.05) is 0 Å². The molecule has 2 atom stereocenters. The van der Waals surface area contributed by atoms with Gasteiger partial charge in [0, 0.05) is 12.6 Å². The molecule has 0 spiro atoms. The van der Waals surface area contributed by atoms with Crippen LogP contribution in [0.4, 0.5) is 13.2 Å². The third kappa shape index (κ3) is 5.62. The summed E-state index contributed by atoms with van der Waals surface area (Å²) in [6.45, 7) is 6.68. The molecule has 1 aliphatic carbocycles. The molecular formula is C17H26F3NOSi. The number of hydrogen-bond acceptors (Lipinski definition) is 2. The Balaban J connectivity index is 2.04. The lowest BCUT2D eigenvalue weighted by Crippen LogP contribution is -2.47. The minimum atomic E-state index is -4.31. The van der Waals surface area contributed by atoms with E-state index in [1.807, 2.05) is 0 Å². The van der Waals surface area contributed by atoms with Crippen molar-refractivity contribution in [1.82, 2.24) is 5.32 Å². The number of benzene rings is 1. The topological polar surface area (TPSA) is 21.3 Å². The van der Waals surface area contributed by atoms with Crippen LogP contribution in [0.15, 0.2) is 24.3 Å². The molecule has 1 saturated carbocycles. The van der Waals surface area contributed by atoms with Gasteiger partial charge in [-0.15, -0.1) is 0 Å². The Labute approximate surface area is 137 Å². The summed E-state index contributed by atoms with van der Waals surface area (Å²) in [6, 6.07) is 5.92. The maximum Gasteiger partial charge on any atom is 0.416 e. The van der Waals surface area contributed by atoms with Crippen LogP contribution in [0, 0.1) is 0 Å². The SMILES string of the molecule is C[Si](C)(C)OC1CCCCC1NCc1ccccc1C(F)(F)F. The largest absolute Gasteiger partial charge is 0.416 e. The summed E-state index contributed by atoms with van der Waals surface area (Å²) in [6.07, 6.45) is -0.00421. The predicted molar refractivity (Wildman–Crippen MR) is 88.8 cm³/mol. The van der Waals surface area contributed by atoms with Crippen LogP contribution in [0.2, 0.25) is 19.6 Å². The average molecular weight is 345 g/mol. The third-order valence-electron chi connectivity index (χ3n) is 4.08. The molecule has 23 heavy (non-hydrogen) atoms. The summed E-state index contributed by atoms with van der Waals surface area (Å²) in [5.41, 5.74) is -0.247. The van der Waals surface area contributed by atoms with E-state index in [9.17, 15) is 13.2 Å². The van der Waals surface area contributed by atoms with Gasteiger partial charge in [0.05, 0.1) is 11.7 Å². The van der Waals surface area contributed by atoms with Crippen molar-refractivity contribution < 1.29 is 17.6 Å². The second kappa shape index (κ2) is 7.36. The van der Waals surface area contributed by atoms with E-state index in [2.05, 4.69) is 25.0 Å². The Morgan fingerprint density at radius 3 is 2.43 bits per heavy atom. The summed E-state index contributed by atoms with van der Waals surface area (Å²) in [4.78, 5) is 0. The van der Waals surface area contributed by atoms with Crippen LogP contribution >= 0.6 is 0 Å². The van der Waals surface area contributed by atoms with Crippen LogP contribution in [-0.2, 0) is 17.1 Å². The molecule has 1 aromatic carbocycles. The molecule has 6 heteroatoms. The summed E-state index contributed by atoms with van der Waals surface area (Å²) < 4.78 is 45.4. The van der Waals surface area contributed by atoms with E-state index in [0.29, 0.717) is 5.56 Å². The molecule has 0 bridgehead atoms. The average Bonchev–Trinajstić information content (AvgIpc) is 2.44. The zero-order valence-electron chi connectivity index (χ0n) is 14.0. The van der Waals surface area contributed by atoms with Gasteiger partial charge in [-0.3, -0.25) is 0 Å². The van der Waals surface area contributed by atoms with E-state index in [0.717, 1.165) is 31.7 Å². The summed E-state index contributed by atoms with van der Waals surface area (Å²) in [5.74, 6) is 0. The van der Waals surface area contributed by atoms with Crippen LogP contribution in [0.5, 0.6) is 0 Å². The van der Waals surface area contributed by atoms with Crippen molar-refractivity contribution in [3.63, 3.8) is 0 Å². The second-order valence-corrected chi connectivity index (χ2v) is 11.7. The van der Waals surface area contributed by atoms with Gasteiger partial charge in [0.15, 0.2) is 8.32 Å². The fraction of sp³-hybridized carbons (Fsp3) is 0.647. The molecule has 1 aromatic rings. The lowest BCUT2D eigenvalue weighted by molar-refractivity contribution is -0.138. The van der Waals surface area contributed by atoms with Crippen molar-refractivity contribution in [2.45, 2.75) is 70.2 Å². The van der Waals surface area contributed by atoms with Gasteiger partial charge in [-0.1, -0.05) is 31.0 Å². The van der Waals surface area contributed by atoms with E-state index < -0.39 is 20.1 Å². The molecule has 1 aliphatic rings. The minimum absolute atomic E-state index is 0.119. The summed E-state index contributed by atoms with van der Waals surface area (Å²) in [7, 11) is -1.66. The van der Waals surface area contributed by atoms with Crippen molar-refractivity contribution in [3.8, 4) is 0 Å². The van der Waals surface area contributed by atoms with E-state index in [1.165, 1.54) is 6.07 Å². The Kier molecular flexibility index (Phi) is 5.92. The molecule has 0 amide bonds. The minimum Gasteiger partial charge on any atom is -0.413 e. The van der Waals surface area contributed by atoms with Crippen molar-refractivity contribution in [1.29, 1.82) is 0 Å². The van der Waals surface area contributed by atoms with E-state index in [-0.39, 0.29) is 18.7 Å². The van der Waals surface area contributed by atoms with Gasteiger partial charge in [0.2, 0.25) is 0 Å². The second-order valence-electron chi connectivity index (χ2n) is 7.20. The monoisotopic (exact) mass is 345 g/mol. The van der Waals surface area contributed by atoms with Crippen molar-refractivity contribution >= 4 is 8.32 Å². The van der Waals surface area contributed by atoms with Gasteiger partial charge < -0.3 is 9.74 Å². The highest BCUT2D eigenvalue weighted by molar-refractivity contribution is 6.69. The van der Waals surface area contributed by atoms with E-state index >= 15 is 0 Å². The highest BCUT2D eigenvalue weighted by Gasteiger charge is 2.34. The highest BCUT2D eigenvalue weighted by Crippen LogP contribution is 2.32. The number of hydrogen-bond donors (Lipinski definition) is 1.